The number of aromatic hydroxyl groups is 1. The standard InChI is InChI=1S/C12H11ClN2O2S/c1-7-11(16)14-10(15-12(7)17)6-18-9-4-2-8(13)3-5-9/h2-5H,6H2,1H3,(H2,14,15,16,17). The van der Waals surface area contributed by atoms with E-state index in [1.165, 1.54) is 18.7 Å². The molecule has 4 nitrogen and oxygen atoms in total. The molecule has 0 unspecified atom stereocenters. The highest BCUT2D eigenvalue weighted by molar-refractivity contribution is 7.98. The Hall–Kier alpha value is -1.46. The fourth-order valence-corrected chi connectivity index (χ4v) is 2.21. The van der Waals surface area contributed by atoms with Gasteiger partial charge < -0.3 is 10.1 Å². The number of nitrogens with zero attached hydrogens (tertiary/aromatic N) is 1. The summed E-state index contributed by atoms with van der Waals surface area (Å²) in [5.74, 6) is 0.707. The molecule has 2 N–H and O–H groups in total. The van der Waals surface area contributed by atoms with Crippen LogP contribution in [0.25, 0.3) is 0 Å². The van der Waals surface area contributed by atoms with Crippen LogP contribution in [-0.4, -0.2) is 15.1 Å². The summed E-state index contributed by atoms with van der Waals surface area (Å²) in [5, 5.41) is 10.1. The van der Waals surface area contributed by atoms with Gasteiger partial charge in [-0.3, -0.25) is 4.79 Å². The molecule has 2 aromatic rings. The summed E-state index contributed by atoms with van der Waals surface area (Å²) in [5.41, 5.74) is -0.0792. The van der Waals surface area contributed by atoms with E-state index in [0.29, 0.717) is 16.6 Å². The highest BCUT2D eigenvalue weighted by atomic mass is 35.5. The van der Waals surface area contributed by atoms with Crippen molar-refractivity contribution >= 4 is 23.4 Å². The van der Waals surface area contributed by atoms with Gasteiger partial charge >= 0.3 is 0 Å². The fourth-order valence-electron chi connectivity index (χ4n) is 1.32. The Morgan fingerprint density at radius 1 is 1.39 bits per heavy atom. The molecule has 1 aromatic carbocycles. The third-order valence-electron chi connectivity index (χ3n) is 2.36. The summed E-state index contributed by atoms with van der Waals surface area (Å²) in [4.78, 5) is 19.0. The number of nitrogens with one attached hydrogen (secondary N) is 1. The number of halogens is 1. The van der Waals surface area contributed by atoms with Crippen LogP contribution in [0.5, 0.6) is 5.88 Å². The van der Waals surface area contributed by atoms with Gasteiger partial charge in [0.25, 0.3) is 5.56 Å². The summed E-state index contributed by atoms with van der Waals surface area (Å²) in [6.45, 7) is 1.53. The summed E-state index contributed by atoms with van der Waals surface area (Å²) in [6.07, 6.45) is 0. The molecular weight excluding hydrogens is 272 g/mol. The lowest BCUT2D eigenvalue weighted by molar-refractivity contribution is 0.444. The molecule has 0 spiro atoms. The topological polar surface area (TPSA) is 66.0 Å². The lowest BCUT2D eigenvalue weighted by atomic mass is 10.3. The molecule has 1 heterocycles. The highest BCUT2D eigenvalue weighted by Crippen LogP contribution is 2.23. The third-order valence-corrected chi connectivity index (χ3v) is 3.64. The first-order valence-electron chi connectivity index (χ1n) is 5.23. The Balaban J connectivity index is 2.11. The van der Waals surface area contributed by atoms with E-state index in [1.54, 1.807) is 12.1 Å². The van der Waals surface area contributed by atoms with Crippen molar-refractivity contribution < 1.29 is 5.11 Å². The number of H-pyrrole nitrogens is 1. The number of thioether (sulfide) groups is 1. The average Bonchev–Trinajstić information content (AvgIpc) is 2.35. The summed E-state index contributed by atoms with van der Waals surface area (Å²) in [7, 11) is 0. The molecule has 1 aromatic heterocycles. The Morgan fingerprint density at radius 2 is 2.06 bits per heavy atom. The Morgan fingerprint density at radius 3 is 2.67 bits per heavy atom. The van der Waals surface area contributed by atoms with E-state index >= 15 is 0 Å². The van der Waals surface area contributed by atoms with Crippen LogP contribution in [0.15, 0.2) is 34.0 Å². The molecule has 18 heavy (non-hydrogen) atoms. The second kappa shape index (κ2) is 5.46. The van der Waals surface area contributed by atoms with Crippen LogP contribution in [0.1, 0.15) is 11.4 Å². The smallest absolute Gasteiger partial charge is 0.257 e. The molecule has 2 rings (SSSR count). The Labute approximate surface area is 113 Å². The molecule has 6 heteroatoms. The van der Waals surface area contributed by atoms with E-state index in [-0.39, 0.29) is 17.0 Å². The zero-order chi connectivity index (χ0) is 13.1. The minimum Gasteiger partial charge on any atom is -0.493 e. The number of hydrogen-bond donors (Lipinski definition) is 2. The van der Waals surface area contributed by atoms with Gasteiger partial charge in [-0.25, -0.2) is 0 Å². The monoisotopic (exact) mass is 282 g/mol. The van der Waals surface area contributed by atoms with E-state index in [4.69, 9.17) is 11.6 Å². The fraction of sp³-hybridized carbons (Fsp3) is 0.167. The molecular formula is C12H11ClN2O2S. The molecule has 0 fully saturated rings. The summed E-state index contributed by atoms with van der Waals surface area (Å²) in [6, 6.07) is 7.37. The molecule has 0 aliphatic carbocycles. The van der Waals surface area contributed by atoms with Crippen LogP contribution < -0.4 is 5.56 Å². The van der Waals surface area contributed by atoms with Gasteiger partial charge in [-0.05, 0) is 31.2 Å². The van der Waals surface area contributed by atoms with Crippen LogP contribution in [0.2, 0.25) is 5.02 Å². The second-order valence-electron chi connectivity index (χ2n) is 3.70. The number of aromatic nitrogens is 2. The first-order valence-corrected chi connectivity index (χ1v) is 6.60. The number of hydrogen-bond acceptors (Lipinski definition) is 4. The van der Waals surface area contributed by atoms with Gasteiger partial charge in [-0.2, -0.15) is 4.98 Å². The van der Waals surface area contributed by atoms with Crippen LogP contribution in [-0.2, 0) is 5.75 Å². The van der Waals surface area contributed by atoms with Crippen molar-refractivity contribution in [1.82, 2.24) is 9.97 Å². The van der Waals surface area contributed by atoms with Crippen molar-refractivity contribution in [2.24, 2.45) is 0 Å². The zero-order valence-electron chi connectivity index (χ0n) is 9.61. The molecule has 0 saturated carbocycles. The zero-order valence-corrected chi connectivity index (χ0v) is 11.2. The molecule has 0 aliphatic heterocycles. The maximum Gasteiger partial charge on any atom is 0.257 e. The van der Waals surface area contributed by atoms with Gasteiger partial charge in [0.15, 0.2) is 0 Å². The van der Waals surface area contributed by atoms with Crippen molar-refractivity contribution in [1.29, 1.82) is 0 Å². The van der Waals surface area contributed by atoms with Crippen LogP contribution in [0.3, 0.4) is 0 Å². The van der Waals surface area contributed by atoms with Crippen molar-refractivity contribution in [3.63, 3.8) is 0 Å². The normalized spacial score (nSPS) is 10.6. The number of benzene rings is 1. The van der Waals surface area contributed by atoms with Gasteiger partial charge in [-0.15, -0.1) is 11.8 Å². The Kier molecular flexibility index (Phi) is 3.93. The maximum absolute atomic E-state index is 11.4. The van der Waals surface area contributed by atoms with E-state index < -0.39 is 0 Å². The largest absolute Gasteiger partial charge is 0.493 e. The Bertz CT molecular complexity index is 610. The van der Waals surface area contributed by atoms with Crippen LogP contribution in [0, 0.1) is 6.92 Å². The molecule has 0 amide bonds. The first kappa shape index (κ1) is 13.0. The van der Waals surface area contributed by atoms with Crippen LogP contribution >= 0.6 is 23.4 Å². The van der Waals surface area contributed by atoms with Crippen molar-refractivity contribution in [3.05, 3.63) is 51.0 Å². The first-order chi connectivity index (χ1) is 8.56. The molecule has 0 bridgehead atoms. The molecule has 0 radical (unpaired) electrons. The van der Waals surface area contributed by atoms with Gasteiger partial charge in [0.2, 0.25) is 5.88 Å². The molecule has 0 saturated heterocycles. The summed E-state index contributed by atoms with van der Waals surface area (Å²) < 4.78 is 0. The lowest BCUT2D eigenvalue weighted by Gasteiger charge is -2.03. The van der Waals surface area contributed by atoms with Gasteiger partial charge in [0, 0.05) is 9.92 Å². The molecule has 0 atom stereocenters. The molecule has 94 valence electrons. The average molecular weight is 283 g/mol. The SMILES string of the molecule is Cc1c(O)nc(CSc2ccc(Cl)cc2)[nH]c1=O. The quantitative estimate of drug-likeness (QED) is 0.850. The van der Waals surface area contributed by atoms with Crippen molar-refractivity contribution in [3.8, 4) is 5.88 Å². The third kappa shape index (κ3) is 3.05. The van der Waals surface area contributed by atoms with Crippen molar-refractivity contribution in [2.75, 3.05) is 0 Å². The van der Waals surface area contributed by atoms with E-state index in [0.717, 1.165) is 4.90 Å². The molecule has 0 aliphatic rings. The predicted octanol–water partition coefficient (Wildman–Crippen LogP) is 2.73. The minimum atomic E-state index is -0.311. The lowest BCUT2D eigenvalue weighted by Crippen LogP contribution is -2.13. The summed E-state index contributed by atoms with van der Waals surface area (Å²) >= 11 is 7.29. The number of aromatic amines is 1. The van der Waals surface area contributed by atoms with Crippen molar-refractivity contribution in [2.45, 2.75) is 17.6 Å². The van der Waals surface area contributed by atoms with Gasteiger partial charge in [0.1, 0.15) is 5.82 Å². The van der Waals surface area contributed by atoms with E-state index in [2.05, 4.69) is 9.97 Å². The number of rotatable bonds is 3. The maximum atomic E-state index is 11.4. The highest BCUT2D eigenvalue weighted by Gasteiger charge is 2.06. The van der Waals surface area contributed by atoms with Crippen LogP contribution in [0.4, 0.5) is 0 Å². The van der Waals surface area contributed by atoms with Gasteiger partial charge in [0.05, 0.1) is 11.3 Å². The predicted molar refractivity (Wildman–Crippen MR) is 72.3 cm³/mol. The van der Waals surface area contributed by atoms with E-state index in [9.17, 15) is 9.90 Å². The minimum absolute atomic E-state index is 0.217. The van der Waals surface area contributed by atoms with Gasteiger partial charge in [-0.1, -0.05) is 11.6 Å². The second-order valence-corrected chi connectivity index (χ2v) is 5.19. The van der Waals surface area contributed by atoms with E-state index in [1.807, 2.05) is 12.1 Å².